The summed E-state index contributed by atoms with van der Waals surface area (Å²) < 4.78 is 26.1. The topological polar surface area (TPSA) is 91.0 Å². The second kappa shape index (κ2) is 10.4. The standard InChI is InChI=1S/C23H12ClFI2N2O5/c24-17-10-15(29(31)32)4-5-16(17)22-28-20(23(30)34-22)9-13-7-18(26)21(19(27)8-13)33-11-12-2-1-3-14(25)6-12/h1-10H,11H2/b20-9-. The highest BCUT2D eigenvalue weighted by molar-refractivity contribution is 14.1. The van der Waals surface area contributed by atoms with Gasteiger partial charge >= 0.3 is 5.97 Å². The number of ether oxygens (including phenoxy) is 2. The lowest BCUT2D eigenvalue weighted by molar-refractivity contribution is -0.384. The van der Waals surface area contributed by atoms with Crippen LogP contribution >= 0.6 is 56.8 Å². The maximum Gasteiger partial charge on any atom is 0.363 e. The van der Waals surface area contributed by atoms with Gasteiger partial charge in [-0.15, -0.1) is 0 Å². The number of carbonyl (C=O) groups is 1. The lowest BCUT2D eigenvalue weighted by Gasteiger charge is -2.11. The molecule has 172 valence electrons. The van der Waals surface area contributed by atoms with Crippen LogP contribution in [0.1, 0.15) is 16.7 Å². The summed E-state index contributed by atoms with van der Waals surface area (Å²) >= 11 is 10.4. The van der Waals surface area contributed by atoms with E-state index >= 15 is 0 Å². The first-order valence-corrected chi connectivity index (χ1v) is 12.1. The van der Waals surface area contributed by atoms with Crippen LogP contribution in [0.3, 0.4) is 0 Å². The van der Waals surface area contributed by atoms with E-state index in [1.54, 1.807) is 18.2 Å². The Morgan fingerprint density at radius 2 is 1.88 bits per heavy atom. The van der Waals surface area contributed by atoms with E-state index in [4.69, 9.17) is 21.1 Å². The van der Waals surface area contributed by atoms with Crippen molar-refractivity contribution in [3.63, 3.8) is 0 Å². The van der Waals surface area contributed by atoms with Crippen LogP contribution < -0.4 is 4.74 Å². The van der Waals surface area contributed by atoms with E-state index in [-0.39, 0.29) is 40.3 Å². The molecule has 1 heterocycles. The summed E-state index contributed by atoms with van der Waals surface area (Å²) in [5, 5.41) is 10.9. The van der Waals surface area contributed by atoms with E-state index in [0.717, 1.165) is 7.14 Å². The predicted molar refractivity (Wildman–Crippen MR) is 141 cm³/mol. The molecule has 1 aliphatic rings. The van der Waals surface area contributed by atoms with Crippen LogP contribution in [-0.2, 0) is 16.1 Å². The summed E-state index contributed by atoms with van der Waals surface area (Å²) in [6.45, 7) is 0.209. The monoisotopic (exact) mass is 704 g/mol. The Morgan fingerprint density at radius 3 is 2.53 bits per heavy atom. The van der Waals surface area contributed by atoms with Crippen molar-refractivity contribution in [3.05, 3.63) is 105 Å². The Kier molecular flexibility index (Phi) is 7.48. The first-order valence-electron chi connectivity index (χ1n) is 9.54. The van der Waals surface area contributed by atoms with Crippen molar-refractivity contribution in [2.45, 2.75) is 6.61 Å². The van der Waals surface area contributed by atoms with Gasteiger partial charge in [-0.1, -0.05) is 23.7 Å². The van der Waals surface area contributed by atoms with Crippen LogP contribution in [0.2, 0.25) is 5.02 Å². The Morgan fingerprint density at radius 1 is 1.15 bits per heavy atom. The van der Waals surface area contributed by atoms with Crippen molar-refractivity contribution in [2.24, 2.45) is 4.99 Å². The van der Waals surface area contributed by atoms with E-state index in [1.165, 1.54) is 30.3 Å². The van der Waals surface area contributed by atoms with Crippen LogP contribution in [0.15, 0.2) is 65.3 Å². The molecule has 0 fully saturated rings. The zero-order chi connectivity index (χ0) is 24.4. The minimum absolute atomic E-state index is 0.0319. The Balaban J connectivity index is 1.57. The van der Waals surface area contributed by atoms with Gasteiger partial charge in [-0.2, -0.15) is 0 Å². The van der Waals surface area contributed by atoms with E-state index in [1.807, 2.05) is 12.1 Å². The van der Waals surface area contributed by atoms with Gasteiger partial charge in [-0.05, 0) is 92.7 Å². The molecule has 0 radical (unpaired) electrons. The molecule has 34 heavy (non-hydrogen) atoms. The molecule has 3 aromatic rings. The molecule has 4 rings (SSSR count). The Bertz CT molecular complexity index is 1370. The number of halogens is 4. The van der Waals surface area contributed by atoms with Crippen molar-refractivity contribution in [1.29, 1.82) is 0 Å². The third-order valence-electron chi connectivity index (χ3n) is 4.61. The van der Waals surface area contributed by atoms with Gasteiger partial charge in [0.1, 0.15) is 18.2 Å². The maximum absolute atomic E-state index is 13.4. The number of nitro groups is 1. The average Bonchev–Trinajstić information content (AvgIpc) is 3.12. The molecule has 0 N–H and O–H groups in total. The number of nitro benzene ring substituents is 1. The number of hydrogen-bond acceptors (Lipinski definition) is 6. The van der Waals surface area contributed by atoms with Crippen molar-refractivity contribution >= 4 is 80.4 Å². The van der Waals surface area contributed by atoms with Crippen LogP contribution in [0.5, 0.6) is 5.75 Å². The second-order valence-corrected chi connectivity index (χ2v) is 9.72. The molecule has 0 aliphatic carbocycles. The fourth-order valence-electron chi connectivity index (χ4n) is 3.06. The van der Waals surface area contributed by atoms with Gasteiger partial charge in [0, 0.05) is 12.1 Å². The molecule has 0 bridgehead atoms. The van der Waals surface area contributed by atoms with Gasteiger partial charge < -0.3 is 9.47 Å². The molecule has 0 unspecified atom stereocenters. The molecule has 3 aromatic carbocycles. The number of non-ortho nitro benzene ring substituents is 1. The third-order valence-corrected chi connectivity index (χ3v) is 6.53. The Labute approximate surface area is 225 Å². The molecule has 0 atom stereocenters. The molecule has 0 spiro atoms. The highest BCUT2D eigenvalue weighted by Gasteiger charge is 2.26. The third kappa shape index (κ3) is 5.55. The van der Waals surface area contributed by atoms with Crippen molar-refractivity contribution in [1.82, 2.24) is 0 Å². The number of benzene rings is 3. The molecule has 1 aliphatic heterocycles. The summed E-state index contributed by atoms with van der Waals surface area (Å²) in [6, 6.07) is 13.6. The van der Waals surface area contributed by atoms with E-state index < -0.39 is 10.9 Å². The van der Waals surface area contributed by atoms with Gasteiger partial charge in [0.25, 0.3) is 5.69 Å². The number of aliphatic imine (C=N–C) groups is 1. The predicted octanol–water partition coefficient (Wildman–Crippen LogP) is 6.52. The van der Waals surface area contributed by atoms with Gasteiger partial charge in [-0.3, -0.25) is 10.1 Å². The van der Waals surface area contributed by atoms with Crippen LogP contribution in [-0.4, -0.2) is 16.8 Å². The first kappa shape index (κ1) is 24.5. The molecule has 0 saturated heterocycles. The van der Waals surface area contributed by atoms with Crippen molar-refractivity contribution in [2.75, 3.05) is 0 Å². The van der Waals surface area contributed by atoms with E-state index in [9.17, 15) is 19.3 Å². The van der Waals surface area contributed by atoms with Gasteiger partial charge in [0.05, 0.1) is 22.6 Å². The smallest absolute Gasteiger partial charge is 0.363 e. The average molecular weight is 705 g/mol. The summed E-state index contributed by atoms with van der Waals surface area (Å²) in [7, 11) is 0. The number of cyclic esters (lactones) is 1. The molecule has 0 aromatic heterocycles. The maximum atomic E-state index is 13.4. The Hall–Kier alpha value is -2.58. The first-order chi connectivity index (χ1) is 16.2. The van der Waals surface area contributed by atoms with E-state index in [0.29, 0.717) is 16.9 Å². The molecular weight excluding hydrogens is 693 g/mol. The number of rotatable bonds is 6. The van der Waals surface area contributed by atoms with Crippen LogP contribution in [0.25, 0.3) is 6.08 Å². The van der Waals surface area contributed by atoms with Crippen molar-refractivity contribution < 1.29 is 23.6 Å². The lowest BCUT2D eigenvalue weighted by atomic mass is 10.2. The van der Waals surface area contributed by atoms with E-state index in [2.05, 4.69) is 50.2 Å². The summed E-state index contributed by atoms with van der Waals surface area (Å²) in [6.07, 6.45) is 1.56. The quantitative estimate of drug-likeness (QED) is 0.0959. The summed E-state index contributed by atoms with van der Waals surface area (Å²) in [5.41, 5.74) is 1.55. The molecule has 0 saturated carbocycles. The van der Waals surface area contributed by atoms with Gasteiger partial charge in [0.15, 0.2) is 5.70 Å². The summed E-state index contributed by atoms with van der Waals surface area (Å²) in [5.74, 6) is -0.384. The molecule has 0 amide bonds. The normalized spacial score (nSPS) is 14.2. The number of nitrogens with zero attached hydrogens (tertiary/aromatic N) is 2. The number of hydrogen-bond donors (Lipinski definition) is 0. The number of carbonyl (C=O) groups excluding carboxylic acids is 1. The fraction of sp³-hybridized carbons (Fsp3) is 0.0435. The lowest BCUT2D eigenvalue weighted by Crippen LogP contribution is -2.06. The SMILES string of the molecule is O=C1OC(c2ccc([N+](=O)[O-])cc2Cl)=N/C1=C\c1cc(I)c(OCc2cccc(F)c2)c(I)c1. The fourth-order valence-corrected chi connectivity index (χ4v) is 5.44. The highest BCUT2D eigenvalue weighted by atomic mass is 127. The minimum atomic E-state index is -0.666. The minimum Gasteiger partial charge on any atom is -0.487 e. The van der Waals surface area contributed by atoms with Gasteiger partial charge in [0.2, 0.25) is 5.90 Å². The van der Waals surface area contributed by atoms with Gasteiger partial charge in [-0.25, -0.2) is 14.2 Å². The second-order valence-electron chi connectivity index (χ2n) is 6.99. The van der Waals surface area contributed by atoms with Crippen LogP contribution in [0, 0.1) is 23.1 Å². The zero-order valence-electron chi connectivity index (χ0n) is 16.9. The highest BCUT2D eigenvalue weighted by Crippen LogP contribution is 2.32. The van der Waals surface area contributed by atoms with Crippen molar-refractivity contribution in [3.8, 4) is 5.75 Å². The number of esters is 1. The zero-order valence-corrected chi connectivity index (χ0v) is 22.0. The van der Waals surface area contributed by atoms with Crippen LogP contribution in [0.4, 0.5) is 10.1 Å². The largest absolute Gasteiger partial charge is 0.487 e. The molecule has 7 nitrogen and oxygen atoms in total. The molecule has 11 heteroatoms. The molecular formula is C23H12ClFI2N2O5. The summed E-state index contributed by atoms with van der Waals surface area (Å²) in [4.78, 5) is 26.9.